The molecule has 0 fully saturated rings. The van der Waals surface area contributed by atoms with Crippen LogP contribution < -0.4 is 5.73 Å². The van der Waals surface area contributed by atoms with Gasteiger partial charge in [-0.05, 0) is 40.0 Å². The van der Waals surface area contributed by atoms with E-state index < -0.39 is 23.9 Å². The molecule has 0 radical (unpaired) electrons. The fourth-order valence-electron chi connectivity index (χ4n) is 2.37. The summed E-state index contributed by atoms with van der Waals surface area (Å²) in [5.41, 5.74) is 6.75. The largest absolute Gasteiger partial charge is 0.505 e. The maximum Gasteiger partial charge on any atom is 0.321 e. The second kappa shape index (κ2) is 5.38. The number of H-pyrrole nitrogens is 1. The van der Waals surface area contributed by atoms with Gasteiger partial charge in [0.15, 0.2) is 5.75 Å². The van der Waals surface area contributed by atoms with Crippen molar-refractivity contribution < 1.29 is 24.9 Å². The molecule has 1 aromatic heterocycles. The minimum absolute atomic E-state index is 0.0742. The molecule has 1 aromatic carbocycles. The zero-order valence-corrected chi connectivity index (χ0v) is 12.5. The average molecular weight is 357 g/mol. The van der Waals surface area contributed by atoms with Crippen molar-refractivity contribution in [1.82, 2.24) is 4.98 Å². The number of aromatic hydroxyl groups is 1. The summed E-state index contributed by atoms with van der Waals surface area (Å²) in [6.45, 7) is 1.73. The number of hydrogen-bond acceptors (Lipinski definition) is 4. The van der Waals surface area contributed by atoms with E-state index in [2.05, 4.69) is 20.9 Å². The monoisotopic (exact) mass is 356 g/mol. The molecule has 0 spiro atoms. The third-order valence-electron chi connectivity index (χ3n) is 3.36. The number of aliphatic carboxylic acids is 2. The summed E-state index contributed by atoms with van der Waals surface area (Å²) in [5, 5.41) is 28.7. The molecule has 2 aromatic rings. The molecule has 1 heterocycles. The molecule has 0 aliphatic carbocycles. The van der Waals surface area contributed by atoms with E-state index in [0.717, 1.165) is 0 Å². The molecule has 0 saturated heterocycles. The molecule has 6 N–H and O–H groups in total. The van der Waals surface area contributed by atoms with Crippen molar-refractivity contribution in [2.24, 2.45) is 5.73 Å². The van der Waals surface area contributed by atoms with Crippen LogP contribution in [-0.2, 0) is 9.59 Å². The molecule has 0 amide bonds. The van der Waals surface area contributed by atoms with E-state index in [1.54, 1.807) is 13.0 Å². The van der Waals surface area contributed by atoms with Gasteiger partial charge in [0.2, 0.25) is 0 Å². The lowest BCUT2D eigenvalue weighted by molar-refractivity contribution is -0.146. The molecule has 112 valence electrons. The number of phenols is 1. The molecule has 2 atom stereocenters. The molecule has 0 aliphatic heterocycles. The topological polar surface area (TPSA) is 137 Å². The van der Waals surface area contributed by atoms with Crippen LogP contribution in [0, 0.1) is 6.92 Å². The number of benzene rings is 1. The molecule has 7 nitrogen and oxygen atoms in total. The number of nitrogens with two attached hydrogens (primary N) is 1. The van der Waals surface area contributed by atoms with Gasteiger partial charge in [-0.3, -0.25) is 9.59 Å². The van der Waals surface area contributed by atoms with E-state index in [0.29, 0.717) is 20.9 Å². The Morgan fingerprint density at radius 1 is 1.33 bits per heavy atom. The summed E-state index contributed by atoms with van der Waals surface area (Å²) >= 11 is 3.19. The zero-order chi connectivity index (χ0) is 15.9. The number of hydrogen-bond donors (Lipinski definition) is 5. The Kier molecular flexibility index (Phi) is 3.93. The van der Waals surface area contributed by atoms with Gasteiger partial charge in [-0.2, -0.15) is 0 Å². The van der Waals surface area contributed by atoms with Crippen LogP contribution in [0.25, 0.3) is 10.9 Å². The Bertz CT molecular complexity index is 740. The SMILES string of the molecule is Cc1cc(Br)c(O)c2[nH]cc(C(C(=O)O)C(N)C(=O)O)c12. The molecule has 8 heteroatoms. The maximum absolute atomic E-state index is 11.4. The van der Waals surface area contributed by atoms with E-state index in [1.807, 2.05) is 0 Å². The van der Waals surface area contributed by atoms with E-state index >= 15 is 0 Å². The van der Waals surface area contributed by atoms with Gasteiger partial charge >= 0.3 is 11.9 Å². The number of carbonyl (C=O) groups is 2. The highest BCUT2D eigenvalue weighted by molar-refractivity contribution is 9.10. The lowest BCUT2D eigenvalue weighted by Crippen LogP contribution is -2.40. The Balaban J connectivity index is 2.73. The van der Waals surface area contributed by atoms with Gasteiger partial charge in [-0.15, -0.1) is 0 Å². The predicted molar refractivity (Wildman–Crippen MR) is 78.4 cm³/mol. The standard InChI is InChI=1S/C13H13BrN2O5/c1-4-2-6(14)11(17)10-7(4)5(3-16-10)8(12(18)19)9(15)13(20)21/h2-3,8-9,16-17H,15H2,1H3,(H,18,19)(H,20,21). The number of carboxylic acids is 2. The number of aryl methyl sites for hydroxylation is 1. The number of carboxylic acid groups (broad SMARTS) is 2. The molecular weight excluding hydrogens is 344 g/mol. The first-order chi connectivity index (χ1) is 9.75. The van der Waals surface area contributed by atoms with Gasteiger partial charge in [0.05, 0.1) is 9.99 Å². The van der Waals surface area contributed by atoms with Gasteiger partial charge in [-0.25, -0.2) is 0 Å². The van der Waals surface area contributed by atoms with Crippen molar-refractivity contribution >= 4 is 38.8 Å². The first-order valence-corrected chi connectivity index (χ1v) is 6.75. The smallest absolute Gasteiger partial charge is 0.321 e. The van der Waals surface area contributed by atoms with E-state index in [1.165, 1.54) is 6.20 Å². The molecule has 0 aliphatic rings. The summed E-state index contributed by atoms with van der Waals surface area (Å²) < 4.78 is 0.454. The first-order valence-electron chi connectivity index (χ1n) is 5.96. The Labute approximate surface area is 127 Å². The minimum Gasteiger partial charge on any atom is -0.505 e. The Hall–Kier alpha value is -2.06. The Morgan fingerprint density at radius 2 is 1.95 bits per heavy atom. The number of nitrogens with one attached hydrogen (secondary N) is 1. The van der Waals surface area contributed by atoms with Crippen molar-refractivity contribution in [3.63, 3.8) is 0 Å². The van der Waals surface area contributed by atoms with Crippen molar-refractivity contribution in [3.8, 4) is 5.75 Å². The number of aromatic amines is 1. The van der Waals surface area contributed by atoms with Crippen LogP contribution >= 0.6 is 15.9 Å². The highest BCUT2D eigenvalue weighted by Gasteiger charge is 2.34. The fraction of sp³-hybridized carbons (Fsp3) is 0.231. The zero-order valence-electron chi connectivity index (χ0n) is 10.9. The lowest BCUT2D eigenvalue weighted by Gasteiger charge is -2.16. The highest BCUT2D eigenvalue weighted by Crippen LogP contribution is 2.38. The van der Waals surface area contributed by atoms with E-state index in [-0.39, 0.29) is 11.3 Å². The van der Waals surface area contributed by atoms with Crippen LogP contribution in [0.4, 0.5) is 0 Å². The van der Waals surface area contributed by atoms with Crippen LogP contribution in [0.1, 0.15) is 17.0 Å². The Morgan fingerprint density at radius 3 is 2.48 bits per heavy atom. The lowest BCUT2D eigenvalue weighted by atomic mass is 9.90. The van der Waals surface area contributed by atoms with Crippen LogP contribution in [0.5, 0.6) is 5.75 Å². The van der Waals surface area contributed by atoms with Crippen molar-refractivity contribution in [1.29, 1.82) is 0 Å². The number of fused-ring (bicyclic) bond motifs is 1. The number of aromatic nitrogens is 1. The van der Waals surface area contributed by atoms with Crippen LogP contribution in [-0.4, -0.2) is 38.3 Å². The number of rotatable bonds is 4. The first kappa shape index (κ1) is 15.3. The average Bonchev–Trinajstić information content (AvgIpc) is 2.80. The van der Waals surface area contributed by atoms with Crippen molar-refractivity contribution in [3.05, 3.63) is 27.9 Å². The van der Waals surface area contributed by atoms with Crippen LogP contribution in [0.2, 0.25) is 0 Å². The third-order valence-corrected chi connectivity index (χ3v) is 3.96. The molecule has 2 unspecified atom stereocenters. The summed E-state index contributed by atoms with van der Waals surface area (Å²) in [5.74, 6) is -4.24. The second-order valence-corrected chi connectivity index (χ2v) is 5.55. The van der Waals surface area contributed by atoms with E-state index in [9.17, 15) is 19.8 Å². The maximum atomic E-state index is 11.4. The molecule has 0 bridgehead atoms. The highest BCUT2D eigenvalue weighted by atomic mass is 79.9. The summed E-state index contributed by atoms with van der Waals surface area (Å²) in [6, 6.07) is 0.0342. The molecule has 2 rings (SSSR count). The molecule has 0 saturated carbocycles. The fourth-order valence-corrected chi connectivity index (χ4v) is 2.91. The van der Waals surface area contributed by atoms with Gasteiger partial charge < -0.3 is 26.0 Å². The quantitative estimate of drug-likeness (QED) is 0.563. The number of phenolic OH excluding ortho intramolecular Hbond substituents is 1. The number of halogens is 1. The summed E-state index contributed by atoms with van der Waals surface area (Å²) in [7, 11) is 0. The molecule has 21 heavy (non-hydrogen) atoms. The van der Waals surface area contributed by atoms with Crippen LogP contribution in [0.3, 0.4) is 0 Å². The molecular formula is C13H13BrN2O5. The van der Waals surface area contributed by atoms with E-state index in [4.69, 9.17) is 10.8 Å². The van der Waals surface area contributed by atoms with Gasteiger partial charge in [0.25, 0.3) is 0 Å². The van der Waals surface area contributed by atoms with Gasteiger partial charge in [-0.1, -0.05) is 0 Å². The predicted octanol–water partition coefficient (Wildman–Crippen LogP) is 1.52. The third kappa shape index (κ3) is 2.47. The normalized spacial score (nSPS) is 14.0. The summed E-state index contributed by atoms with van der Waals surface area (Å²) in [6.07, 6.45) is 1.37. The second-order valence-electron chi connectivity index (χ2n) is 4.70. The van der Waals surface area contributed by atoms with Crippen LogP contribution in [0.15, 0.2) is 16.7 Å². The van der Waals surface area contributed by atoms with Gasteiger partial charge in [0, 0.05) is 11.6 Å². The van der Waals surface area contributed by atoms with Crippen molar-refractivity contribution in [2.75, 3.05) is 0 Å². The minimum atomic E-state index is -1.59. The van der Waals surface area contributed by atoms with Crippen molar-refractivity contribution in [2.45, 2.75) is 18.9 Å². The summed E-state index contributed by atoms with van der Waals surface area (Å²) in [4.78, 5) is 25.2. The van der Waals surface area contributed by atoms with Gasteiger partial charge in [0.1, 0.15) is 12.0 Å².